The predicted octanol–water partition coefficient (Wildman–Crippen LogP) is 3.76. The van der Waals surface area contributed by atoms with E-state index in [1.165, 1.54) is 12.5 Å². The second-order valence-corrected chi connectivity index (χ2v) is 10.5. The zero-order chi connectivity index (χ0) is 24.3. The highest BCUT2D eigenvalue weighted by molar-refractivity contribution is 9.10. The number of ketones is 1. The van der Waals surface area contributed by atoms with Gasteiger partial charge in [-0.3, -0.25) is 8.98 Å². The largest absolute Gasteiger partial charge is 0.458 e. The fourth-order valence-electron chi connectivity index (χ4n) is 4.16. The average molecular weight is 549 g/mol. The molecule has 0 amide bonds. The Morgan fingerprint density at radius 3 is 2.91 bits per heavy atom. The predicted molar refractivity (Wildman–Crippen MR) is 130 cm³/mol. The van der Waals surface area contributed by atoms with E-state index in [1.54, 1.807) is 6.07 Å². The van der Waals surface area contributed by atoms with Crippen molar-refractivity contribution in [3.8, 4) is 0 Å². The van der Waals surface area contributed by atoms with Gasteiger partial charge in [-0.25, -0.2) is 15.1 Å². The summed E-state index contributed by atoms with van der Waals surface area (Å²) in [6.07, 6.45) is 5.72. The minimum absolute atomic E-state index is 0.0148. The second kappa shape index (κ2) is 10.3. The van der Waals surface area contributed by atoms with Crippen molar-refractivity contribution >= 4 is 37.8 Å². The van der Waals surface area contributed by atoms with Gasteiger partial charge in [-0.05, 0) is 61.4 Å². The molecule has 1 aliphatic rings. The van der Waals surface area contributed by atoms with Gasteiger partial charge in [0.2, 0.25) is 5.78 Å². The lowest BCUT2D eigenvalue weighted by Gasteiger charge is -2.15. The van der Waals surface area contributed by atoms with Gasteiger partial charge < -0.3 is 9.73 Å². The SMILES string of the molecule is Cc1oc(C(=O)c2cncnc2N[C@H]2CCC(COS(N)(=O)=O)C2)cc1Cc1cccc(Br)c1. The van der Waals surface area contributed by atoms with Crippen LogP contribution in [-0.4, -0.2) is 36.8 Å². The van der Waals surface area contributed by atoms with Crippen LogP contribution in [0, 0.1) is 12.8 Å². The molecule has 1 aliphatic carbocycles. The fraction of sp³-hybridized carbons (Fsp3) is 0.348. The molecule has 0 spiro atoms. The summed E-state index contributed by atoms with van der Waals surface area (Å²) in [6, 6.07) is 9.77. The molecule has 1 fully saturated rings. The van der Waals surface area contributed by atoms with Crippen molar-refractivity contribution in [2.75, 3.05) is 11.9 Å². The Balaban J connectivity index is 1.46. The van der Waals surface area contributed by atoms with E-state index in [1.807, 2.05) is 31.2 Å². The number of aromatic nitrogens is 2. The molecule has 34 heavy (non-hydrogen) atoms. The third kappa shape index (κ3) is 6.29. The summed E-state index contributed by atoms with van der Waals surface area (Å²) in [7, 11) is -3.96. The molecule has 180 valence electrons. The molecule has 4 rings (SSSR count). The number of carbonyl (C=O) groups is 1. The first-order valence-electron chi connectivity index (χ1n) is 10.8. The highest BCUT2D eigenvalue weighted by atomic mass is 79.9. The van der Waals surface area contributed by atoms with Gasteiger partial charge in [-0.15, -0.1) is 0 Å². The van der Waals surface area contributed by atoms with E-state index in [2.05, 4.69) is 31.2 Å². The monoisotopic (exact) mass is 548 g/mol. The van der Waals surface area contributed by atoms with Crippen LogP contribution >= 0.6 is 15.9 Å². The van der Waals surface area contributed by atoms with Crippen molar-refractivity contribution in [3.63, 3.8) is 0 Å². The van der Waals surface area contributed by atoms with Gasteiger partial charge in [0.15, 0.2) is 5.76 Å². The summed E-state index contributed by atoms with van der Waals surface area (Å²) < 4.78 is 33.6. The number of benzene rings is 1. The summed E-state index contributed by atoms with van der Waals surface area (Å²) in [5.41, 5.74) is 2.35. The molecule has 0 bridgehead atoms. The van der Waals surface area contributed by atoms with E-state index in [4.69, 9.17) is 13.7 Å². The first kappa shape index (κ1) is 24.5. The molecule has 9 nitrogen and oxygen atoms in total. The van der Waals surface area contributed by atoms with Crippen LogP contribution in [0.2, 0.25) is 0 Å². The normalized spacial score (nSPS) is 18.2. The van der Waals surface area contributed by atoms with Gasteiger partial charge in [-0.2, -0.15) is 8.42 Å². The summed E-state index contributed by atoms with van der Waals surface area (Å²) in [6.45, 7) is 1.88. The number of hydrogen-bond donors (Lipinski definition) is 2. The number of nitrogens with two attached hydrogens (primary N) is 1. The van der Waals surface area contributed by atoms with Crippen LogP contribution in [0.15, 0.2) is 51.7 Å². The first-order chi connectivity index (χ1) is 16.2. The highest BCUT2D eigenvalue weighted by Gasteiger charge is 2.28. The molecule has 1 unspecified atom stereocenters. The van der Waals surface area contributed by atoms with Crippen molar-refractivity contribution in [1.82, 2.24) is 9.97 Å². The first-order valence-corrected chi connectivity index (χ1v) is 13.1. The molecule has 2 aromatic heterocycles. The molecule has 1 saturated carbocycles. The Kier molecular flexibility index (Phi) is 7.46. The summed E-state index contributed by atoms with van der Waals surface area (Å²) in [4.78, 5) is 21.6. The number of rotatable bonds is 9. The van der Waals surface area contributed by atoms with Gasteiger partial charge in [0.05, 0.1) is 12.2 Å². The minimum atomic E-state index is -3.96. The van der Waals surface area contributed by atoms with Gasteiger partial charge in [0.25, 0.3) is 0 Å². The molecule has 0 radical (unpaired) electrons. The standard InChI is InChI=1S/C23H25BrN4O5S/c1-14-17(7-15-3-2-4-18(24)8-15)10-21(33-14)22(29)20-11-26-13-27-23(20)28-19-6-5-16(9-19)12-32-34(25,30)31/h2-4,8,10-11,13,16,19H,5-7,9,12H2,1H3,(H2,25,30,31)(H,26,27,28)/t16?,19-/m0/s1. The number of carbonyl (C=O) groups excluding carboxylic acids is 1. The van der Waals surface area contributed by atoms with Crippen LogP contribution in [0.25, 0.3) is 0 Å². The number of furan rings is 1. The molecule has 0 saturated heterocycles. The molecule has 3 aromatic rings. The van der Waals surface area contributed by atoms with E-state index in [0.29, 0.717) is 30.0 Å². The van der Waals surface area contributed by atoms with Crippen LogP contribution in [0.3, 0.4) is 0 Å². The van der Waals surface area contributed by atoms with E-state index < -0.39 is 10.3 Å². The summed E-state index contributed by atoms with van der Waals surface area (Å²) >= 11 is 3.48. The fourth-order valence-corrected chi connectivity index (χ4v) is 4.99. The topological polar surface area (TPSA) is 137 Å². The number of anilines is 1. The number of hydrogen-bond acceptors (Lipinski definition) is 8. The molecule has 2 atom stereocenters. The lowest BCUT2D eigenvalue weighted by Crippen LogP contribution is -2.22. The van der Waals surface area contributed by atoms with Gasteiger partial charge in [0, 0.05) is 23.1 Å². The molecule has 2 heterocycles. The summed E-state index contributed by atoms with van der Waals surface area (Å²) in [5.74, 6) is 1.07. The Labute approximate surface area is 206 Å². The van der Waals surface area contributed by atoms with E-state index in [-0.39, 0.29) is 30.1 Å². The molecule has 1 aromatic carbocycles. The van der Waals surface area contributed by atoms with Crippen LogP contribution in [-0.2, 0) is 20.9 Å². The van der Waals surface area contributed by atoms with Crippen LogP contribution < -0.4 is 10.5 Å². The number of nitrogens with zero attached hydrogens (tertiary/aromatic N) is 2. The van der Waals surface area contributed by atoms with E-state index in [9.17, 15) is 13.2 Å². The Bertz CT molecular complexity index is 1290. The van der Waals surface area contributed by atoms with Crippen LogP contribution in [0.1, 0.15) is 52.3 Å². The van der Waals surface area contributed by atoms with Crippen LogP contribution in [0.4, 0.5) is 5.82 Å². The van der Waals surface area contributed by atoms with Crippen molar-refractivity contribution < 1.29 is 21.8 Å². The zero-order valence-corrected chi connectivity index (χ0v) is 20.9. The van der Waals surface area contributed by atoms with Crippen LogP contribution in [0.5, 0.6) is 0 Å². The quantitative estimate of drug-likeness (QED) is 0.385. The second-order valence-electron chi connectivity index (χ2n) is 8.41. The molecular weight excluding hydrogens is 524 g/mol. The van der Waals surface area contributed by atoms with E-state index >= 15 is 0 Å². The zero-order valence-electron chi connectivity index (χ0n) is 18.5. The summed E-state index contributed by atoms with van der Waals surface area (Å²) in [5, 5.41) is 8.21. The Morgan fingerprint density at radius 1 is 1.32 bits per heavy atom. The van der Waals surface area contributed by atoms with Crippen molar-refractivity contribution in [2.24, 2.45) is 11.1 Å². The molecular formula is C23H25BrN4O5S. The lowest BCUT2D eigenvalue weighted by atomic mass is 10.0. The Hall–Kier alpha value is -2.60. The molecule has 3 N–H and O–H groups in total. The van der Waals surface area contributed by atoms with Crippen molar-refractivity contribution in [2.45, 2.75) is 38.6 Å². The maximum absolute atomic E-state index is 13.3. The van der Waals surface area contributed by atoms with Gasteiger partial charge in [-0.1, -0.05) is 28.1 Å². The number of nitrogens with one attached hydrogen (secondary N) is 1. The third-order valence-electron chi connectivity index (χ3n) is 5.83. The lowest BCUT2D eigenvalue weighted by molar-refractivity contribution is 0.101. The Morgan fingerprint density at radius 2 is 2.15 bits per heavy atom. The van der Waals surface area contributed by atoms with Crippen molar-refractivity contribution in [1.29, 1.82) is 0 Å². The number of aryl methyl sites for hydroxylation is 1. The number of halogens is 1. The average Bonchev–Trinajstić information content (AvgIpc) is 3.38. The molecule has 11 heteroatoms. The maximum Gasteiger partial charge on any atom is 0.333 e. The van der Waals surface area contributed by atoms with Gasteiger partial charge in [0.1, 0.15) is 17.9 Å². The van der Waals surface area contributed by atoms with Crippen molar-refractivity contribution in [3.05, 3.63) is 75.5 Å². The van der Waals surface area contributed by atoms with Gasteiger partial charge >= 0.3 is 10.3 Å². The molecule has 0 aliphatic heterocycles. The minimum Gasteiger partial charge on any atom is -0.458 e. The highest BCUT2D eigenvalue weighted by Crippen LogP contribution is 2.30. The maximum atomic E-state index is 13.3. The smallest absolute Gasteiger partial charge is 0.333 e. The third-order valence-corrected chi connectivity index (χ3v) is 6.79. The van der Waals surface area contributed by atoms with E-state index in [0.717, 1.165) is 28.4 Å².